The largest absolute Gasteiger partial charge is 0.496 e. The third-order valence-electron chi connectivity index (χ3n) is 3.12. The van der Waals surface area contributed by atoms with E-state index in [0.717, 1.165) is 29.4 Å². The topological polar surface area (TPSA) is 44.5 Å². The van der Waals surface area contributed by atoms with Gasteiger partial charge in [0.1, 0.15) is 11.5 Å². The lowest BCUT2D eigenvalue weighted by Crippen LogP contribution is -2.13. The van der Waals surface area contributed by atoms with Gasteiger partial charge in [-0.3, -0.25) is 0 Å². The van der Waals surface area contributed by atoms with Crippen molar-refractivity contribution in [2.75, 3.05) is 14.2 Å². The Morgan fingerprint density at radius 2 is 1.81 bits per heavy atom. The highest BCUT2D eigenvalue weighted by molar-refractivity contribution is 5.46. The van der Waals surface area contributed by atoms with Crippen molar-refractivity contribution >= 4 is 0 Å². The lowest BCUT2D eigenvalue weighted by atomic mass is 10.00. The zero-order valence-electron chi connectivity index (χ0n) is 9.90. The molecule has 0 amide bonds. The number of nitrogens with two attached hydrogens (primary N) is 1. The van der Waals surface area contributed by atoms with Crippen LogP contribution in [0.25, 0.3) is 0 Å². The molecule has 1 unspecified atom stereocenters. The summed E-state index contributed by atoms with van der Waals surface area (Å²) in [4.78, 5) is 0. The van der Waals surface area contributed by atoms with E-state index in [2.05, 4.69) is 0 Å². The molecule has 2 N–H and O–H groups in total. The molecule has 1 aliphatic carbocycles. The fourth-order valence-corrected chi connectivity index (χ4v) is 2.08. The van der Waals surface area contributed by atoms with Gasteiger partial charge in [-0.25, -0.2) is 0 Å². The van der Waals surface area contributed by atoms with Crippen LogP contribution >= 0.6 is 0 Å². The van der Waals surface area contributed by atoms with E-state index in [4.69, 9.17) is 15.2 Å². The Hall–Kier alpha value is -1.22. The van der Waals surface area contributed by atoms with Gasteiger partial charge in [-0.1, -0.05) is 18.9 Å². The highest BCUT2D eigenvalue weighted by Crippen LogP contribution is 2.41. The Morgan fingerprint density at radius 1 is 1.25 bits per heavy atom. The smallest absolute Gasteiger partial charge is 0.127 e. The van der Waals surface area contributed by atoms with Crippen molar-refractivity contribution < 1.29 is 9.47 Å². The molecule has 16 heavy (non-hydrogen) atoms. The molecular formula is C13H19NO2. The van der Waals surface area contributed by atoms with E-state index in [1.807, 2.05) is 18.2 Å². The average Bonchev–Trinajstić information content (AvgIpc) is 3.11. The number of hydrogen-bond acceptors (Lipinski definition) is 3. The van der Waals surface area contributed by atoms with Crippen molar-refractivity contribution in [1.29, 1.82) is 0 Å². The van der Waals surface area contributed by atoms with Gasteiger partial charge in [0.15, 0.2) is 0 Å². The SMILES string of the molecule is COc1cccc(OC)c1C(N)CC1CC1. The van der Waals surface area contributed by atoms with E-state index in [9.17, 15) is 0 Å². The Kier molecular flexibility index (Phi) is 3.34. The monoisotopic (exact) mass is 221 g/mol. The van der Waals surface area contributed by atoms with Crippen molar-refractivity contribution in [3.8, 4) is 11.5 Å². The Balaban J connectivity index is 2.26. The summed E-state index contributed by atoms with van der Waals surface area (Å²) in [6.45, 7) is 0. The zero-order valence-corrected chi connectivity index (χ0v) is 9.90. The first-order chi connectivity index (χ1) is 7.76. The number of hydrogen-bond donors (Lipinski definition) is 1. The molecule has 0 radical (unpaired) electrons. The summed E-state index contributed by atoms with van der Waals surface area (Å²) in [5.74, 6) is 2.45. The molecule has 1 aromatic rings. The average molecular weight is 221 g/mol. The number of ether oxygens (including phenoxy) is 2. The Labute approximate surface area is 96.5 Å². The van der Waals surface area contributed by atoms with Crippen molar-refractivity contribution in [3.63, 3.8) is 0 Å². The zero-order chi connectivity index (χ0) is 11.5. The maximum atomic E-state index is 6.23. The molecule has 0 spiro atoms. The second-order valence-electron chi connectivity index (χ2n) is 4.36. The first kappa shape index (κ1) is 11.3. The van der Waals surface area contributed by atoms with Gasteiger partial charge in [0.2, 0.25) is 0 Å². The summed E-state index contributed by atoms with van der Waals surface area (Å²) in [6, 6.07) is 5.80. The van der Waals surface area contributed by atoms with Crippen LogP contribution in [0, 0.1) is 5.92 Å². The first-order valence-corrected chi connectivity index (χ1v) is 5.72. The van der Waals surface area contributed by atoms with Crippen LogP contribution in [0.5, 0.6) is 11.5 Å². The molecule has 0 bridgehead atoms. The fraction of sp³-hybridized carbons (Fsp3) is 0.538. The van der Waals surface area contributed by atoms with E-state index in [-0.39, 0.29) is 6.04 Å². The predicted molar refractivity (Wildman–Crippen MR) is 63.8 cm³/mol. The minimum Gasteiger partial charge on any atom is -0.496 e. The molecule has 88 valence electrons. The van der Waals surface area contributed by atoms with Crippen molar-refractivity contribution in [1.82, 2.24) is 0 Å². The third kappa shape index (κ3) is 2.30. The maximum Gasteiger partial charge on any atom is 0.127 e. The van der Waals surface area contributed by atoms with E-state index in [0.29, 0.717) is 0 Å². The molecule has 1 atom stereocenters. The molecule has 0 saturated heterocycles. The lowest BCUT2D eigenvalue weighted by molar-refractivity contribution is 0.375. The summed E-state index contributed by atoms with van der Waals surface area (Å²) in [5, 5.41) is 0. The molecule has 1 fully saturated rings. The summed E-state index contributed by atoms with van der Waals surface area (Å²) in [5.41, 5.74) is 7.23. The third-order valence-corrected chi connectivity index (χ3v) is 3.12. The van der Waals surface area contributed by atoms with Gasteiger partial charge in [0, 0.05) is 6.04 Å². The molecule has 3 heteroatoms. The van der Waals surface area contributed by atoms with Gasteiger partial charge >= 0.3 is 0 Å². The first-order valence-electron chi connectivity index (χ1n) is 5.72. The normalized spacial score (nSPS) is 16.9. The van der Waals surface area contributed by atoms with Gasteiger partial charge in [0.05, 0.1) is 19.8 Å². The molecular weight excluding hydrogens is 202 g/mol. The van der Waals surface area contributed by atoms with E-state index < -0.39 is 0 Å². The highest BCUT2D eigenvalue weighted by Gasteiger charge is 2.27. The number of benzene rings is 1. The number of methoxy groups -OCH3 is 2. The van der Waals surface area contributed by atoms with Gasteiger partial charge < -0.3 is 15.2 Å². The Bertz CT molecular complexity index is 339. The Morgan fingerprint density at radius 3 is 2.25 bits per heavy atom. The minimum atomic E-state index is 0.0126. The second-order valence-corrected chi connectivity index (χ2v) is 4.36. The van der Waals surface area contributed by atoms with Gasteiger partial charge in [-0.05, 0) is 24.5 Å². The van der Waals surface area contributed by atoms with Crippen LogP contribution in [0.2, 0.25) is 0 Å². The van der Waals surface area contributed by atoms with Gasteiger partial charge in [0.25, 0.3) is 0 Å². The van der Waals surface area contributed by atoms with Crippen LogP contribution < -0.4 is 15.2 Å². The lowest BCUT2D eigenvalue weighted by Gasteiger charge is -2.18. The van der Waals surface area contributed by atoms with Crippen molar-refractivity contribution in [3.05, 3.63) is 23.8 Å². The van der Waals surface area contributed by atoms with Gasteiger partial charge in [-0.15, -0.1) is 0 Å². The molecule has 1 aromatic carbocycles. The molecule has 0 heterocycles. The molecule has 1 aliphatic rings. The fourth-order valence-electron chi connectivity index (χ4n) is 2.08. The second kappa shape index (κ2) is 4.74. The van der Waals surface area contributed by atoms with Crippen LogP contribution in [0.15, 0.2) is 18.2 Å². The maximum absolute atomic E-state index is 6.23. The summed E-state index contributed by atoms with van der Waals surface area (Å²) in [6.07, 6.45) is 3.65. The van der Waals surface area contributed by atoms with Crippen molar-refractivity contribution in [2.45, 2.75) is 25.3 Å². The van der Waals surface area contributed by atoms with E-state index >= 15 is 0 Å². The summed E-state index contributed by atoms with van der Waals surface area (Å²) >= 11 is 0. The summed E-state index contributed by atoms with van der Waals surface area (Å²) < 4.78 is 10.7. The van der Waals surface area contributed by atoms with Crippen LogP contribution in [0.1, 0.15) is 30.9 Å². The van der Waals surface area contributed by atoms with Gasteiger partial charge in [-0.2, -0.15) is 0 Å². The molecule has 3 nitrogen and oxygen atoms in total. The summed E-state index contributed by atoms with van der Waals surface area (Å²) in [7, 11) is 3.34. The van der Waals surface area contributed by atoms with E-state index in [1.54, 1.807) is 14.2 Å². The molecule has 2 rings (SSSR count). The minimum absolute atomic E-state index is 0.0126. The highest BCUT2D eigenvalue weighted by atomic mass is 16.5. The van der Waals surface area contributed by atoms with Crippen molar-refractivity contribution in [2.24, 2.45) is 11.7 Å². The molecule has 0 aliphatic heterocycles. The number of rotatable bonds is 5. The predicted octanol–water partition coefficient (Wildman–Crippen LogP) is 2.50. The van der Waals surface area contributed by atoms with E-state index in [1.165, 1.54) is 12.8 Å². The standard InChI is InChI=1S/C13H19NO2/c1-15-11-4-3-5-12(16-2)13(11)10(14)8-9-6-7-9/h3-5,9-10H,6-8,14H2,1-2H3. The van der Waals surface area contributed by atoms with Crippen LogP contribution in [0.3, 0.4) is 0 Å². The molecule has 1 saturated carbocycles. The quantitative estimate of drug-likeness (QED) is 0.830. The van der Waals surface area contributed by atoms with Crippen LogP contribution in [0.4, 0.5) is 0 Å². The van der Waals surface area contributed by atoms with Crippen LogP contribution in [-0.2, 0) is 0 Å². The molecule has 0 aromatic heterocycles. The van der Waals surface area contributed by atoms with Crippen LogP contribution in [-0.4, -0.2) is 14.2 Å².